The van der Waals surface area contributed by atoms with Crippen LogP contribution in [-0.4, -0.2) is 70.0 Å². The van der Waals surface area contributed by atoms with E-state index in [2.05, 4.69) is 98.9 Å². The summed E-state index contributed by atoms with van der Waals surface area (Å²) in [5, 5.41) is 0. The fourth-order valence-electron chi connectivity index (χ4n) is 5.81. The first-order valence-electron chi connectivity index (χ1n) is 23.9. The number of phosphoric acid groups is 1. The number of unbranched alkanes of at least 4 members (excludes halogenated alkanes) is 12. The summed E-state index contributed by atoms with van der Waals surface area (Å²) in [6, 6.07) is 0. The predicted molar refractivity (Wildman–Crippen MR) is 259 cm³/mol. The second kappa shape index (κ2) is 43.2. The number of carbonyl (C=O) groups is 2. The molecule has 354 valence electrons. The maximum absolute atomic E-state index is 12.7. The Morgan fingerprint density at radius 1 is 0.500 bits per heavy atom. The van der Waals surface area contributed by atoms with Gasteiger partial charge in [-0.3, -0.25) is 14.2 Å². The third-order valence-corrected chi connectivity index (χ3v) is 10.5. The molecule has 62 heavy (non-hydrogen) atoms. The van der Waals surface area contributed by atoms with Crippen LogP contribution < -0.4 is 4.89 Å². The Hall–Kier alpha value is -3.07. The summed E-state index contributed by atoms with van der Waals surface area (Å²) in [7, 11) is 1.09. The van der Waals surface area contributed by atoms with Crippen LogP contribution >= 0.6 is 7.82 Å². The van der Waals surface area contributed by atoms with Crippen molar-refractivity contribution in [2.45, 2.75) is 174 Å². The van der Waals surface area contributed by atoms with Gasteiger partial charge in [-0.1, -0.05) is 162 Å². The average Bonchev–Trinajstić information content (AvgIpc) is 3.23. The van der Waals surface area contributed by atoms with Crippen molar-refractivity contribution in [1.29, 1.82) is 0 Å². The largest absolute Gasteiger partial charge is 0.756 e. The van der Waals surface area contributed by atoms with Crippen molar-refractivity contribution in [1.82, 2.24) is 0 Å². The third kappa shape index (κ3) is 46.4. The van der Waals surface area contributed by atoms with E-state index in [1.165, 1.54) is 70.6 Å². The molecule has 0 aromatic rings. The molecule has 0 heterocycles. The van der Waals surface area contributed by atoms with Gasteiger partial charge in [0.2, 0.25) is 0 Å². The van der Waals surface area contributed by atoms with Gasteiger partial charge in [-0.05, 0) is 89.9 Å². The SMILES string of the molecule is CCCCC/C=C/C/C=C/C/C=C/C/C=C/CCCC(=O)O[C@H](COC(=O)CCC/C=C/C/C=C/C/C=C/C/C=C/CCCCCCCCC)COP(=O)([O-])OCC[N+](C)(C)C. The van der Waals surface area contributed by atoms with Gasteiger partial charge < -0.3 is 27.9 Å². The summed E-state index contributed by atoms with van der Waals surface area (Å²) in [4.78, 5) is 37.6. The number of carbonyl (C=O) groups excluding carboxylic acids is 2. The van der Waals surface area contributed by atoms with Crippen LogP contribution in [0.25, 0.3) is 0 Å². The third-order valence-electron chi connectivity index (χ3n) is 9.58. The van der Waals surface area contributed by atoms with E-state index >= 15 is 0 Å². The number of phosphoric ester groups is 1. The van der Waals surface area contributed by atoms with Gasteiger partial charge in [-0.15, -0.1) is 0 Å². The number of hydrogen-bond donors (Lipinski definition) is 0. The molecule has 0 rings (SSSR count). The minimum absolute atomic E-state index is 0.0548. The highest BCUT2D eigenvalue weighted by Gasteiger charge is 2.21. The average molecular weight is 886 g/mol. The number of esters is 2. The molecule has 0 aliphatic heterocycles. The molecule has 10 heteroatoms. The van der Waals surface area contributed by atoms with Gasteiger partial charge in [0, 0.05) is 12.8 Å². The Morgan fingerprint density at radius 3 is 1.32 bits per heavy atom. The summed E-state index contributed by atoms with van der Waals surface area (Å²) in [5.74, 6) is -0.974. The number of quaternary nitrogens is 1. The first kappa shape index (κ1) is 58.9. The van der Waals surface area contributed by atoms with Crippen LogP contribution in [0.1, 0.15) is 168 Å². The lowest BCUT2D eigenvalue weighted by atomic mass is 10.1. The van der Waals surface area contributed by atoms with Crippen LogP contribution in [0, 0.1) is 0 Å². The quantitative estimate of drug-likeness (QED) is 0.0196. The van der Waals surface area contributed by atoms with Crippen LogP contribution in [-0.2, 0) is 32.7 Å². The van der Waals surface area contributed by atoms with E-state index in [0.717, 1.165) is 51.4 Å². The standard InChI is InChI=1S/C52H88NO8P/c1-6-8-10-12-14-16-18-20-22-24-25-26-27-29-30-32-34-36-38-40-42-44-51(54)58-48-50(49-60-62(56,57)59-47-46-53(3,4)5)61-52(55)45-43-41-39-37-35-33-31-28-23-21-19-17-15-13-11-9-7-2/h15,17,21-24,26-27,30-33,36-39,50H,6-14,16,18-20,25,28-29,34-35,40-49H2,1-5H3/b17-15+,23-21+,24-22+,27-26+,32-30+,33-31+,38-36+,39-37+/t50-/m1/s1. The molecule has 2 atom stereocenters. The first-order chi connectivity index (χ1) is 30.0. The number of likely N-dealkylation sites (N-methyl/N-ethyl adjacent to an activating group) is 1. The molecule has 0 bridgehead atoms. The second-order valence-corrected chi connectivity index (χ2v) is 18.2. The Kier molecular flexibility index (Phi) is 41.1. The van der Waals surface area contributed by atoms with Gasteiger partial charge in [0.05, 0.1) is 27.7 Å². The zero-order valence-electron chi connectivity index (χ0n) is 39.8. The van der Waals surface area contributed by atoms with E-state index in [-0.39, 0.29) is 26.1 Å². The maximum Gasteiger partial charge on any atom is 0.306 e. The Balaban J connectivity index is 4.51. The molecular formula is C52H88NO8P. The maximum atomic E-state index is 12.7. The summed E-state index contributed by atoms with van der Waals surface area (Å²) in [6.07, 6.45) is 57.4. The van der Waals surface area contributed by atoms with Crippen LogP contribution in [0.2, 0.25) is 0 Å². The summed E-state index contributed by atoms with van der Waals surface area (Å²) < 4.78 is 33.8. The molecule has 0 fully saturated rings. The molecule has 0 aromatic heterocycles. The van der Waals surface area contributed by atoms with E-state index in [1.807, 2.05) is 33.3 Å². The van der Waals surface area contributed by atoms with Crippen molar-refractivity contribution < 1.29 is 42.1 Å². The van der Waals surface area contributed by atoms with E-state index in [1.54, 1.807) is 0 Å². The molecule has 0 N–H and O–H groups in total. The predicted octanol–water partition coefficient (Wildman–Crippen LogP) is 13.5. The number of hydrogen-bond acceptors (Lipinski definition) is 8. The Morgan fingerprint density at radius 2 is 0.871 bits per heavy atom. The molecule has 9 nitrogen and oxygen atoms in total. The normalized spacial score (nSPS) is 14.4. The minimum atomic E-state index is -4.66. The number of nitrogens with zero attached hydrogens (tertiary/aromatic N) is 1. The zero-order valence-corrected chi connectivity index (χ0v) is 40.7. The van der Waals surface area contributed by atoms with Gasteiger partial charge >= 0.3 is 11.9 Å². The highest BCUT2D eigenvalue weighted by atomic mass is 31.2. The molecule has 0 spiro atoms. The van der Waals surface area contributed by atoms with Gasteiger partial charge in [0.1, 0.15) is 19.8 Å². The van der Waals surface area contributed by atoms with E-state index in [9.17, 15) is 19.0 Å². The van der Waals surface area contributed by atoms with Crippen molar-refractivity contribution in [2.75, 3.05) is 47.5 Å². The molecular weight excluding hydrogens is 798 g/mol. The lowest BCUT2D eigenvalue weighted by Crippen LogP contribution is -2.37. The van der Waals surface area contributed by atoms with Crippen LogP contribution in [0.4, 0.5) is 0 Å². The lowest BCUT2D eigenvalue weighted by molar-refractivity contribution is -0.870. The van der Waals surface area contributed by atoms with Crippen molar-refractivity contribution in [3.8, 4) is 0 Å². The number of rotatable bonds is 42. The molecule has 0 saturated carbocycles. The zero-order chi connectivity index (χ0) is 45.7. The van der Waals surface area contributed by atoms with Crippen LogP contribution in [0.3, 0.4) is 0 Å². The molecule has 0 radical (unpaired) electrons. The molecule has 0 aliphatic rings. The van der Waals surface area contributed by atoms with Gasteiger partial charge in [0.15, 0.2) is 6.10 Å². The fourth-order valence-corrected chi connectivity index (χ4v) is 6.54. The molecule has 0 aliphatic carbocycles. The summed E-state index contributed by atoms with van der Waals surface area (Å²) >= 11 is 0. The molecule has 0 amide bonds. The van der Waals surface area contributed by atoms with Crippen molar-refractivity contribution in [3.05, 3.63) is 97.2 Å². The van der Waals surface area contributed by atoms with Crippen LogP contribution in [0.15, 0.2) is 97.2 Å². The van der Waals surface area contributed by atoms with E-state index in [0.29, 0.717) is 30.3 Å². The van der Waals surface area contributed by atoms with Gasteiger partial charge in [0.25, 0.3) is 7.82 Å². The van der Waals surface area contributed by atoms with Crippen molar-refractivity contribution in [3.63, 3.8) is 0 Å². The van der Waals surface area contributed by atoms with Crippen molar-refractivity contribution in [2.24, 2.45) is 0 Å². The lowest BCUT2D eigenvalue weighted by Gasteiger charge is -2.28. The van der Waals surface area contributed by atoms with E-state index < -0.39 is 32.5 Å². The second-order valence-electron chi connectivity index (χ2n) is 16.8. The highest BCUT2D eigenvalue weighted by molar-refractivity contribution is 7.45. The van der Waals surface area contributed by atoms with Crippen LogP contribution in [0.5, 0.6) is 0 Å². The highest BCUT2D eigenvalue weighted by Crippen LogP contribution is 2.38. The van der Waals surface area contributed by atoms with Crippen molar-refractivity contribution >= 4 is 19.8 Å². The monoisotopic (exact) mass is 886 g/mol. The number of ether oxygens (including phenoxy) is 2. The smallest absolute Gasteiger partial charge is 0.306 e. The topological polar surface area (TPSA) is 111 Å². The molecule has 0 saturated heterocycles. The molecule has 0 aromatic carbocycles. The van der Waals surface area contributed by atoms with E-state index in [4.69, 9.17) is 18.5 Å². The fraction of sp³-hybridized carbons (Fsp3) is 0.654. The first-order valence-corrected chi connectivity index (χ1v) is 25.4. The summed E-state index contributed by atoms with van der Waals surface area (Å²) in [5.41, 5.74) is 0. The Bertz CT molecular complexity index is 1370. The Labute approximate surface area is 379 Å². The van der Waals surface area contributed by atoms with Gasteiger partial charge in [-0.2, -0.15) is 0 Å². The minimum Gasteiger partial charge on any atom is -0.756 e. The molecule has 1 unspecified atom stereocenters. The number of allylic oxidation sites excluding steroid dienone is 16. The van der Waals surface area contributed by atoms with Gasteiger partial charge in [-0.25, -0.2) is 0 Å². The summed E-state index contributed by atoms with van der Waals surface area (Å²) in [6.45, 7) is 4.05.